The van der Waals surface area contributed by atoms with Gasteiger partial charge in [0.15, 0.2) is 0 Å². The summed E-state index contributed by atoms with van der Waals surface area (Å²) in [6.07, 6.45) is -4.17. The van der Waals surface area contributed by atoms with E-state index in [1.807, 2.05) is 30.3 Å². The predicted molar refractivity (Wildman–Crippen MR) is 136 cm³/mol. The lowest BCUT2D eigenvalue weighted by atomic mass is 9.97. The highest BCUT2D eigenvalue weighted by atomic mass is 19.4. The zero-order valence-corrected chi connectivity index (χ0v) is 20.6. The molecule has 204 valence electrons. The molecule has 4 rings (SSSR count). The van der Waals surface area contributed by atoms with Gasteiger partial charge in [0.05, 0.1) is 12.5 Å². The van der Waals surface area contributed by atoms with Gasteiger partial charge in [-0.2, -0.15) is 0 Å². The van der Waals surface area contributed by atoms with Crippen LogP contribution in [0.15, 0.2) is 78.9 Å². The zero-order chi connectivity index (χ0) is 28.0. The summed E-state index contributed by atoms with van der Waals surface area (Å²) >= 11 is 0. The lowest BCUT2D eigenvalue weighted by molar-refractivity contribution is -0.274. The first-order chi connectivity index (χ1) is 18.6. The molecular weight excluding hydrogens is 515 g/mol. The molecule has 1 aliphatic carbocycles. The average Bonchev–Trinajstić information content (AvgIpc) is 3.69. The molecule has 0 bridgehead atoms. The Morgan fingerprint density at radius 3 is 2.23 bits per heavy atom. The van der Waals surface area contributed by atoms with Gasteiger partial charge in [0.1, 0.15) is 5.75 Å². The average molecular weight is 542 g/mol. The first-order valence-electron chi connectivity index (χ1n) is 12.2. The second-order valence-corrected chi connectivity index (χ2v) is 9.09. The van der Waals surface area contributed by atoms with Gasteiger partial charge in [0, 0.05) is 17.8 Å². The van der Waals surface area contributed by atoms with E-state index in [1.165, 1.54) is 12.1 Å². The molecule has 4 N–H and O–H groups in total. The fraction of sp³-hybridized carbons (Fsp3) is 0.250. The minimum atomic E-state index is -4.81. The molecule has 0 radical (unpaired) electrons. The zero-order valence-electron chi connectivity index (χ0n) is 20.6. The maximum atomic E-state index is 12.9. The Hall–Kier alpha value is -4.54. The number of carbonyl (C=O) groups excluding carboxylic acids is 2. The van der Waals surface area contributed by atoms with E-state index in [-0.39, 0.29) is 30.5 Å². The van der Waals surface area contributed by atoms with Gasteiger partial charge >= 0.3 is 18.4 Å². The number of benzene rings is 3. The highest BCUT2D eigenvalue weighted by Crippen LogP contribution is 2.54. The van der Waals surface area contributed by atoms with Gasteiger partial charge in [-0.3, -0.25) is 9.59 Å². The first kappa shape index (κ1) is 27.5. The number of rotatable bonds is 10. The molecule has 0 heterocycles. The number of urea groups is 1. The number of hydrogen-bond donors (Lipinski definition) is 4. The molecular formula is C28H26F3N3O5. The van der Waals surface area contributed by atoms with Crippen molar-refractivity contribution in [2.45, 2.75) is 31.2 Å². The summed E-state index contributed by atoms with van der Waals surface area (Å²) in [4.78, 5) is 35.9. The number of nitrogens with one attached hydrogen (secondary N) is 3. The van der Waals surface area contributed by atoms with Gasteiger partial charge in [0.25, 0.3) is 5.91 Å². The van der Waals surface area contributed by atoms with Crippen LogP contribution >= 0.6 is 0 Å². The number of halogens is 3. The van der Waals surface area contributed by atoms with Crippen molar-refractivity contribution < 1.29 is 37.4 Å². The summed E-state index contributed by atoms with van der Waals surface area (Å²) in [6.45, 7) is 0.00437. The summed E-state index contributed by atoms with van der Waals surface area (Å²) in [5.74, 6) is -1.52. The molecule has 3 atom stereocenters. The summed E-state index contributed by atoms with van der Waals surface area (Å²) in [5, 5.41) is 16.9. The second kappa shape index (κ2) is 11.9. The lowest BCUT2D eigenvalue weighted by Gasteiger charge is -2.21. The van der Waals surface area contributed by atoms with Crippen LogP contribution in [0.1, 0.15) is 46.3 Å². The monoisotopic (exact) mass is 541 g/mol. The Bertz CT molecular complexity index is 1300. The largest absolute Gasteiger partial charge is 0.573 e. The van der Waals surface area contributed by atoms with Crippen LogP contribution in [0.3, 0.4) is 0 Å². The van der Waals surface area contributed by atoms with Gasteiger partial charge in [0.2, 0.25) is 0 Å². The van der Waals surface area contributed by atoms with E-state index in [2.05, 4.69) is 20.7 Å². The third kappa shape index (κ3) is 7.97. The van der Waals surface area contributed by atoms with Crippen molar-refractivity contribution >= 4 is 23.6 Å². The van der Waals surface area contributed by atoms with Gasteiger partial charge in [-0.15, -0.1) is 13.2 Å². The van der Waals surface area contributed by atoms with Gasteiger partial charge in [-0.05, 0) is 65.8 Å². The number of carboxylic acids is 1. The van der Waals surface area contributed by atoms with Crippen molar-refractivity contribution in [3.8, 4) is 5.75 Å². The third-order valence-corrected chi connectivity index (χ3v) is 6.28. The number of amides is 3. The van der Waals surface area contributed by atoms with Crippen molar-refractivity contribution in [1.82, 2.24) is 10.6 Å². The van der Waals surface area contributed by atoms with Crippen molar-refractivity contribution in [2.24, 2.45) is 5.92 Å². The molecule has 11 heteroatoms. The molecule has 3 unspecified atom stereocenters. The topological polar surface area (TPSA) is 117 Å². The molecule has 8 nitrogen and oxygen atoms in total. The van der Waals surface area contributed by atoms with E-state index in [0.29, 0.717) is 5.56 Å². The summed E-state index contributed by atoms with van der Waals surface area (Å²) < 4.78 is 41.1. The Morgan fingerprint density at radius 2 is 1.62 bits per heavy atom. The van der Waals surface area contributed by atoms with E-state index in [9.17, 15) is 27.6 Å². The summed E-state index contributed by atoms with van der Waals surface area (Å²) in [6, 6.07) is 20.4. The maximum absolute atomic E-state index is 12.9. The van der Waals surface area contributed by atoms with Crippen LogP contribution in [-0.2, 0) is 4.79 Å². The molecule has 1 aliphatic rings. The SMILES string of the molecule is O=C(O)CCNC(=O)c1ccc(C(NC(=O)Nc2ccc(OC(F)(F)F)cc2)C2CC2c2ccccc2)cc1. The van der Waals surface area contributed by atoms with Gasteiger partial charge in [-0.25, -0.2) is 4.79 Å². The second-order valence-electron chi connectivity index (χ2n) is 9.09. The number of carbonyl (C=O) groups is 3. The number of ether oxygens (including phenoxy) is 1. The summed E-state index contributed by atoms with van der Waals surface area (Å²) in [7, 11) is 0. The molecule has 3 aromatic carbocycles. The quantitative estimate of drug-likeness (QED) is 0.272. The Kier molecular flexibility index (Phi) is 8.38. The van der Waals surface area contributed by atoms with Gasteiger partial charge in [-0.1, -0.05) is 42.5 Å². The molecule has 3 amide bonds. The molecule has 1 fully saturated rings. The minimum Gasteiger partial charge on any atom is -0.481 e. The van der Waals surface area contributed by atoms with E-state index in [4.69, 9.17) is 5.11 Å². The van der Waals surface area contributed by atoms with Crippen LogP contribution in [0, 0.1) is 5.92 Å². The fourth-order valence-corrected chi connectivity index (χ4v) is 4.38. The number of alkyl halides is 3. The molecule has 0 spiro atoms. The molecule has 3 aromatic rings. The van der Waals surface area contributed by atoms with Crippen molar-refractivity contribution in [1.29, 1.82) is 0 Å². The Balaban J connectivity index is 1.45. The van der Waals surface area contributed by atoms with Crippen molar-refractivity contribution in [3.05, 3.63) is 95.6 Å². The third-order valence-electron chi connectivity index (χ3n) is 6.28. The van der Waals surface area contributed by atoms with Crippen molar-refractivity contribution in [3.63, 3.8) is 0 Å². The number of carboxylic acid groups (broad SMARTS) is 1. The smallest absolute Gasteiger partial charge is 0.481 e. The highest BCUT2D eigenvalue weighted by Gasteiger charge is 2.45. The minimum absolute atomic E-state index is 0.00437. The predicted octanol–water partition coefficient (Wildman–Crippen LogP) is 5.46. The van der Waals surface area contributed by atoms with E-state index in [1.54, 1.807) is 24.3 Å². The van der Waals surface area contributed by atoms with Crippen LogP contribution in [-0.4, -0.2) is 35.9 Å². The van der Waals surface area contributed by atoms with E-state index < -0.39 is 36.1 Å². The molecule has 1 saturated carbocycles. The Morgan fingerprint density at radius 1 is 0.949 bits per heavy atom. The number of anilines is 1. The molecule has 0 saturated heterocycles. The maximum Gasteiger partial charge on any atom is 0.573 e. The standard InChI is InChI=1S/C28H26F3N3O5/c29-28(30,31)39-21-12-10-20(11-13-21)33-27(38)34-25(23-16-22(23)17-4-2-1-3-5-17)18-6-8-19(9-7-18)26(37)32-15-14-24(35)36/h1-13,22-23,25H,14-16H2,(H,32,37)(H,35,36)(H2,33,34,38). The highest BCUT2D eigenvalue weighted by molar-refractivity contribution is 5.94. The lowest BCUT2D eigenvalue weighted by Crippen LogP contribution is -2.34. The van der Waals surface area contributed by atoms with Crippen LogP contribution in [0.5, 0.6) is 5.75 Å². The van der Waals surface area contributed by atoms with E-state index in [0.717, 1.165) is 29.7 Å². The van der Waals surface area contributed by atoms with Crippen LogP contribution < -0.4 is 20.7 Å². The van der Waals surface area contributed by atoms with E-state index >= 15 is 0 Å². The van der Waals surface area contributed by atoms with Crippen LogP contribution in [0.4, 0.5) is 23.7 Å². The first-order valence-corrected chi connectivity index (χ1v) is 12.2. The fourth-order valence-electron chi connectivity index (χ4n) is 4.38. The Labute approximate surface area is 222 Å². The van der Waals surface area contributed by atoms with Crippen molar-refractivity contribution in [2.75, 3.05) is 11.9 Å². The molecule has 0 aliphatic heterocycles. The number of aliphatic carboxylic acids is 1. The number of hydrogen-bond acceptors (Lipinski definition) is 4. The normalized spacial score (nSPS) is 17.0. The van der Waals surface area contributed by atoms with Gasteiger partial charge < -0.3 is 25.8 Å². The molecule has 39 heavy (non-hydrogen) atoms. The summed E-state index contributed by atoms with van der Waals surface area (Å²) in [5.41, 5.74) is 2.54. The van der Waals surface area contributed by atoms with Crippen LogP contribution in [0.2, 0.25) is 0 Å². The van der Waals surface area contributed by atoms with Crippen LogP contribution in [0.25, 0.3) is 0 Å². The molecule has 0 aromatic heterocycles.